The van der Waals surface area contributed by atoms with Crippen LogP contribution in [0, 0.1) is 0 Å². The van der Waals surface area contributed by atoms with E-state index in [9.17, 15) is 23.4 Å². The molecule has 0 aliphatic rings. The van der Waals surface area contributed by atoms with E-state index in [0.717, 1.165) is 6.07 Å². The SMILES string of the molecule is COc1ccc(CNC[C@@H](O)c2ccccc2C(F)(F)F)cc1O. The third-order valence-electron chi connectivity index (χ3n) is 3.54. The van der Waals surface area contributed by atoms with E-state index >= 15 is 0 Å². The van der Waals surface area contributed by atoms with E-state index in [-0.39, 0.29) is 24.4 Å². The molecule has 2 aromatic rings. The fourth-order valence-electron chi connectivity index (χ4n) is 2.35. The third-order valence-corrected chi connectivity index (χ3v) is 3.54. The number of methoxy groups -OCH3 is 1. The minimum Gasteiger partial charge on any atom is -0.504 e. The Labute approximate surface area is 137 Å². The first-order chi connectivity index (χ1) is 11.3. The van der Waals surface area contributed by atoms with Crippen molar-refractivity contribution in [1.82, 2.24) is 5.32 Å². The second-order valence-electron chi connectivity index (χ2n) is 5.24. The van der Waals surface area contributed by atoms with Crippen LogP contribution in [0.3, 0.4) is 0 Å². The van der Waals surface area contributed by atoms with E-state index < -0.39 is 17.8 Å². The van der Waals surface area contributed by atoms with Gasteiger partial charge in [-0.1, -0.05) is 24.3 Å². The Morgan fingerprint density at radius 2 is 1.88 bits per heavy atom. The summed E-state index contributed by atoms with van der Waals surface area (Å²) in [6.07, 6.45) is -5.81. The average molecular weight is 341 g/mol. The summed E-state index contributed by atoms with van der Waals surface area (Å²) in [6.45, 7) is 0.225. The number of hydrogen-bond donors (Lipinski definition) is 3. The highest BCUT2D eigenvalue weighted by Crippen LogP contribution is 2.34. The fourth-order valence-corrected chi connectivity index (χ4v) is 2.35. The first-order valence-electron chi connectivity index (χ1n) is 7.23. The van der Waals surface area contributed by atoms with Gasteiger partial charge in [0.05, 0.1) is 18.8 Å². The van der Waals surface area contributed by atoms with Crippen LogP contribution in [0.15, 0.2) is 42.5 Å². The lowest BCUT2D eigenvalue weighted by atomic mass is 10.0. The summed E-state index contributed by atoms with van der Waals surface area (Å²) in [5.74, 6) is 0.303. The lowest BCUT2D eigenvalue weighted by Crippen LogP contribution is -2.23. The molecule has 130 valence electrons. The van der Waals surface area contributed by atoms with Gasteiger partial charge in [-0.05, 0) is 29.3 Å². The van der Waals surface area contributed by atoms with Gasteiger partial charge < -0.3 is 20.3 Å². The molecule has 0 radical (unpaired) electrons. The van der Waals surface area contributed by atoms with E-state index in [2.05, 4.69) is 5.32 Å². The molecule has 0 spiro atoms. The van der Waals surface area contributed by atoms with Crippen LogP contribution >= 0.6 is 0 Å². The lowest BCUT2D eigenvalue weighted by molar-refractivity contribution is -0.139. The number of aliphatic hydroxyl groups excluding tert-OH is 1. The van der Waals surface area contributed by atoms with Crippen molar-refractivity contribution < 1.29 is 28.1 Å². The van der Waals surface area contributed by atoms with E-state index in [1.807, 2.05) is 0 Å². The molecule has 24 heavy (non-hydrogen) atoms. The molecule has 3 N–H and O–H groups in total. The van der Waals surface area contributed by atoms with Crippen molar-refractivity contribution in [1.29, 1.82) is 0 Å². The predicted octanol–water partition coefficient (Wildman–Crippen LogP) is 3.24. The summed E-state index contributed by atoms with van der Waals surface area (Å²) in [5, 5.41) is 22.6. The van der Waals surface area contributed by atoms with Crippen molar-refractivity contribution in [3.63, 3.8) is 0 Å². The molecular weight excluding hydrogens is 323 g/mol. The van der Waals surface area contributed by atoms with E-state index in [1.165, 1.54) is 31.4 Å². The summed E-state index contributed by atoms with van der Waals surface area (Å²) in [6, 6.07) is 9.72. The van der Waals surface area contributed by atoms with Gasteiger partial charge in [0.2, 0.25) is 0 Å². The van der Waals surface area contributed by atoms with Gasteiger partial charge in [-0.2, -0.15) is 13.2 Å². The number of aliphatic hydroxyl groups is 1. The molecule has 0 saturated carbocycles. The van der Waals surface area contributed by atoms with Gasteiger partial charge in [0.1, 0.15) is 0 Å². The van der Waals surface area contributed by atoms with E-state index in [4.69, 9.17) is 4.74 Å². The van der Waals surface area contributed by atoms with Gasteiger partial charge in [-0.25, -0.2) is 0 Å². The van der Waals surface area contributed by atoms with Crippen molar-refractivity contribution in [2.24, 2.45) is 0 Å². The number of rotatable bonds is 6. The number of phenols is 1. The zero-order valence-corrected chi connectivity index (χ0v) is 13.0. The summed E-state index contributed by atoms with van der Waals surface area (Å²) in [4.78, 5) is 0. The van der Waals surface area contributed by atoms with Crippen molar-refractivity contribution >= 4 is 0 Å². The first-order valence-corrected chi connectivity index (χ1v) is 7.23. The van der Waals surface area contributed by atoms with Crippen LogP contribution in [-0.4, -0.2) is 23.9 Å². The number of halogens is 3. The van der Waals surface area contributed by atoms with E-state index in [0.29, 0.717) is 11.3 Å². The van der Waals surface area contributed by atoms with Gasteiger partial charge in [-0.15, -0.1) is 0 Å². The van der Waals surface area contributed by atoms with Crippen LogP contribution < -0.4 is 10.1 Å². The standard InChI is InChI=1S/C17H18F3NO3/c1-24-16-7-6-11(8-14(16)22)9-21-10-15(23)12-4-2-3-5-13(12)17(18,19)20/h2-8,15,21-23H,9-10H2,1H3/t15-/m1/s1. The number of benzene rings is 2. The van der Waals surface area contributed by atoms with Gasteiger partial charge in [-0.3, -0.25) is 0 Å². The highest BCUT2D eigenvalue weighted by molar-refractivity contribution is 5.41. The van der Waals surface area contributed by atoms with Crippen molar-refractivity contribution in [2.75, 3.05) is 13.7 Å². The molecule has 7 heteroatoms. The quantitative estimate of drug-likeness (QED) is 0.755. The maximum Gasteiger partial charge on any atom is 0.416 e. The molecule has 4 nitrogen and oxygen atoms in total. The number of aromatic hydroxyl groups is 1. The lowest BCUT2D eigenvalue weighted by Gasteiger charge is -2.18. The predicted molar refractivity (Wildman–Crippen MR) is 82.8 cm³/mol. The molecule has 0 bridgehead atoms. The van der Waals surface area contributed by atoms with Crippen LogP contribution in [0.25, 0.3) is 0 Å². The molecule has 1 atom stereocenters. The summed E-state index contributed by atoms with van der Waals surface area (Å²) < 4.78 is 43.8. The average Bonchev–Trinajstić information content (AvgIpc) is 2.54. The Morgan fingerprint density at radius 3 is 2.50 bits per heavy atom. The zero-order chi connectivity index (χ0) is 17.7. The first kappa shape index (κ1) is 18.1. The number of alkyl halides is 3. The molecule has 0 amide bonds. The van der Waals surface area contributed by atoms with Gasteiger partial charge >= 0.3 is 6.18 Å². The molecule has 2 aromatic carbocycles. The number of hydrogen-bond acceptors (Lipinski definition) is 4. The van der Waals surface area contributed by atoms with Crippen molar-refractivity contribution in [3.8, 4) is 11.5 Å². The van der Waals surface area contributed by atoms with E-state index in [1.54, 1.807) is 12.1 Å². The number of ether oxygens (including phenoxy) is 1. The highest BCUT2D eigenvalue weighted by Gasteiger charge is 2.34. The Morgan fingerprint density at radius 1 is 1.17 bits per heavy atom. The monoisotopic (exact) mass is 341 g/mol. The van der Waals surface area contributed by atoms with Gasteiger partial charge in [0.15, 0.2) is 11.5 Å². The summed E-state index contributed by atoms with van der Waals surface area (Å²) in [7, 11) is 1.43. The topological polar surface area (TPSA) is 61.7 Å². The molecular formula is C17H18F3NO3. The number of nitrogens with one attached hydrogen (secondary N) is 1. The normalized spacial score (nSPS) is 12.9. The van der Waals surface area contributed by atoms with Crippen LogP contribution in [0.4, 0.5) is 13.2 Å². The maximum atomic E-state index is 12.9. The second kappa shape index (κ2) is 7.55. The molecule has 0 heterocycles. The molecule has 0 unspecified atom stereocenters. The van der Waals surface area contributed by atoms with Crippen molar-refractivity contribution in [3.05, 3.63) is 59.2 Å². The van der Waals surface area contributed by atoms with Gasteiger partial charge in [0, 0.05) is 13.1 Å². The molecule has 0 aromatic heterocycles. The molecule has 0 saturated heterocycles. The summed E-state index contributed by atoms with van der Waals surface area (Å²) in [5.41, 5.74) is -0.305. The number of phenolic OH excluding ortho intramolecular Hbond substituents is 1. The Kier molecular flexibility index (Phi) is 5.69. The summed E-state index contributed by atoms with van der Waals surface area (Å²) >= 11 is 0. The molecule has 2 rings (SSSR count). The van der Waals surface area contributed by atoms with Crippen LogP contribution in [0.2, 0.25) is 0 Å². The minimum absolute atomic E-state index is 0.0280. The van der Waals surface area contributed by atoms with Crippen LogP contribution in [-0.2, 0) is 12.7 Å². The van der Waals surface area contributed by atoms with Crippen molar-refractivity contribution in [2.45, 2.75) is 18.8 Å². The highest BCUT2D eigenvalue weighted by atomic mass is 19.4. The smallest absolute Gasteiger partial charge is 0.416 e. The Hall–Kier alpha value is -2.25. The van der Waals surface area contributed by atoms with Crippen LogP contribution in [0.1, 0.15) is 22.8 Å². The zero-order valence-electron chi connectivity index (χ0n) is 13.0. The second-order valence-corrected chi connectivity index (χ2v) is 5.24. The van der Waals surface area contributed by atoms with Crippen LogP contribution in [0.5, 0.6) is 11.5 Å². The fraction of sp³-hybridized carbons (Fsp3) is 0.294. The third kappa shape index (κ3) is 4.39. The Bertz CT molecular complexity index is 689. The molecule has 0 fully saturated rings. The largest absolute Gasteiger partial charge is 0.504 e. The molecule has 0 aliphatic heterocycles. The minimum atomic E-state index is -4.51. The Balaban J connectivity index is 1.99. The molecule has 0 aliphatic carbocycles. The maximum absolute atomic E-state index is 12.9. The van der Waals surface area contributed by atoms with Gasteiger partial charge in [0.25, 0.3) is 0 Å².